The van der Waals surface area contributed by atoms with Gasteiger partial charge in [0.15, 0.2) is 5.82 Å². The number of aliphatic hydroxyl groups is 1. The molecule has 1 aliphatic heterocycles. The Bertz CT molecular complexity index is 651. The van der Waals surface area contributed by atoms with E-state index in [1.165, 1.54) is 0 Å². The van der Waals surface area contributed by atoms with Crippen LogP contribution in [0.1, 0.15) is 37.0 Å². The molecule has 1 saturated heterocycles. The monoisotopic (exact) mass is 317 g/mol. The molecule has 0 saturated carbocycles. The number of hydrogen-bond donors (Lipinski definition) is 1. The van der Waals surface area contributed by atoms with Gasteiger partial charge in [-0.25, -0.2) is 0 Å². The van der Waals surface area contributed by atoms with Gasteiger partial charge in [-0.1, -0.05) is 17.3 Å². The van der Waals surface area contributed by atoms with Gasteiger partial charge in [0.2, 0.25) is 5.89 Å². The van der Waals surface area contributed by atoms with Gasteiger partial charge in [-0.05, 0) is 44.0 Å². The predicted molar refractivity (Wildman–Crippen MR) is 85.0 cm³/mol. The number of methoxy groups -OCH3 is 1. The lowest BCUT2D eigenvalue weighted by molar-refractivity contribution is -0.0262. The maximum Gasteiger partial charge on any atom is 0.223 e. The van der Waals surface area contributed by atoms with E-state index < -0.39 is 5.60 Å². The number of likely N-dealkylation sites (tertiary alicyclic amines) is 1. The predicted octanol–water partition coefficient (Wildman–Crippen LogP) is 2.26. The van der Waals surface area contributed by atoms with Crippen molar-refractivity contribution < 1.29 is 14.4 Å². The molecule has 2 atom stereocenters. The Labute approximate surface area is 136 Å². The Kier molecular flexibility index (Phi) is 4.37. The van der Waals surface area contributed by atoms with E-state index in [0.29, 0.717) is 18.3 Å². The third-order valence-electron chi connectivity index (χ3n) is 4.60. The van der Waals surface area contributed by atoms with Crippen LogP contribution in [0.25, 0.3) is 0 Å². The first kappa shape index (κ1) is 16.0. The van der Waals surface area contributed by atoms with Crippen LogP contribution in [0.4, 0.5) is 0 Å². The van der Waals surface area contributed by atoms with E-state index in [9.17, 15) is 5.11 Å². The molecule has 0 spiro atoms. The number of rotatable bonds is 5. The standard InChI is InChI=1S/C17H23N3O3/c1-12-18-16(19-23-12)11-20-10-4-5-15(20)17(2,21)13-6-8-14(22-3)9-7-13/h6-9,15,21H,4-5,10-11H2,1-3H3. The van der Waals surface area contributed by atoms with Crippen LogP contribution >= 0.6 is 0 Å². The van der Waals surface area contributed by atoms with Crippen molar-refractivity contribution in [3.63, 3.8) is 0 Å². The molecule has 0 aliphatic carbocycles. The summed E-state index contributed by atoms with van der Waals surface area (Å²) in [5.41, 5.74) is -0.0545. The molecule has 2 heterocycles. The number of benzene rings is 1. The molecule has 1 aromatic carbocycles. The highest BCUT2D eigenvalue weighted by Gasteiger charge is 2.40. The zero-order valence-electron chi connectivity index (χ0n) is 13.8. The summed E-state index contributed by atoms with van der Waals surface area (Å²) in [5.74, 6) is 2.02. The summed E-state index contributed by atoms with van der Waals surface area (Å²) >= 11 is 0. The quantitative estimate of drug-likeness (QED) is 0.912. The second-order valence-corrected chi connectivity index (χ2v) is 6.23. The largest absolute Gasteiger partial charge is 0.497 e. The summed E-state index contributed by atoms with van der Waals surface area (Å²) in [6.45, 7) is 5.17. The van der Waals surface area contributed by atoms with Crippen molar-refractivity contribution in [3.8, 4) is 5.75 Å². The van der Waals surface area contributed by atoms with Crippen LogP contribution in [0.5, 0.6) is 5.75 Å². The van der Waals surface area contributed by atoms with Gasteiger partial charge in [-0.2, -0.15) is 4.98 Å². The number of aromatic nitrogens is 2. The van der Waals surface area contributed by atoms with Crippen LogP contribution in [0.15, 0.2) is 28.8 Å². The van der Waals surface area contributed by atoms with Gasteiger partial charge in [-0.3, -0.25) is 4.90 Å². The minimum atomic E-state index is -0.943. The van der Waals surface area contributed by atoms with Crippen molar-refractivity contribution in [1.29, 1.82) is 0 Å². The lowest BCUT2D eigenvalue weighted by Crippen LogP contribution is -2.45. The molecule has 0 bridgehead atoms. The topological polar surface area (TPSA) is 71.6 Å². The van der Waals surface area contributed by atoms with E-state index in [0.717, 1.165) is 30.7 Å². The normalized spacial score (nSPS) is 21.3. The fourth-order valence-corrected chi connectivity index (χ4v) is 3.36. The highest BCUT2D eigenvalue weighted by molar-refractivity contribution is 5.31. The molecule has 3 rings (SSSR count). The molecular formula is C17H23N3O3. The van der Waals surface area contributed by atoms with Crippen LogP contribution in [0.3, 0.4) is 0 Å². The molecule has 0 radical (unpaired) electrons. The van der Waals surface area contributed by atoms with Crippen LogP contribution in [-0.2, 0) is 12.1 Å². The first-order valence-corrected chi connectivity index (χ1v) is 7.91. The summed E-state index contributed by atoms with van der Waals surface area (Å²) in [4.78, 5) is 6.50. The Hall–Kier alpha value is -1.92. The third-order valence-corrected chi connectivity index (χ3v) is 4.60. The van der Waals surface area contributed by atoms with Crippen molar-refractivity contribution >= 4 is 0 Å². The zero-order chi connectivity index (χ0) is 16.4. The summed E-state index contributed by atoms with van der Waals surface area (Å²) in [6, 6.07) is 7.63. The Morgan fingerprint density at radius 1 is 1.39 bits per heavy atom. The molecule has 1 aromatic heterocycles. The highest BCUT2D eigenvalue weighted by atomic mass is 16.5. The average Bonchev–Trinajstić information content (AvgIpc) is 3.17. The summed E-state index contributed by atoms with van der Waals surface area (Å²) in [6.07, 6.45) is 1.99. The Morgan fingerprint density at radius 3 is 2.74 bits per heavy atom. The summed E-state index contributed by atoms with van der Waals surface area (Å²) in [7, 11) is 1.64. The fraction of sp³-hybridized carbons (Fsp3) is 0.529. The van der Waals surface area contributed by atoms with E-state index in [4.69, 9.17) is 9.26 Å². The molecule has 1 fully saturated rings. The highest BCUT2D eigenvalue weighted by Crippen LogP contribution is 2.35. The Morgan fingerprint density at radius 2 is 2.13 bits per heavy atom. The second-order valence-electron chi connectivity index (χ2n) is 6.23. The lowest BCUT2D eigenvalue weighted by atomic mass is 9.86. The third kappa shape index (κ3) is 3.23. The summed E-state index contributed by atoms with van der Waals surface area (Å²) < 4.78 is 10.2. The maximum absolute atomic E-state index is 11.2. The smallest absolute Gasteiger partial charge is 0.223 e. The van der Waals surface area contributed by atoms with Crippen molar-refractivity contribution in [3.05, 3.63) is 41.5 Å². The van der Waals surface area contributed by atoms with E-state index in [1.54, 1.807) is 14.0 Å². The zero-order valence-corrected chi connectivity index (χ0v) is 13.8. The van der Waals surface area contributed by atoms with E-state index in [1.807, 2.05) is 31.2 Å². The van der Waals surface area contributed by atoms with Crippen LogP contribution in [0, 0.1) is 6.92 Å². The van der Waals surface area contributed by atoms with Crippen molar-refractivity contribution in [2.24, 2.45) is 0 Å². The summed E-state index contributed by atoms with van der Waals surface area (Å²) in [5, 5.41) is 15.1. The minimum absolute atomic E-state index is 0.0229. The number of aryl methyl sites for hydroxylation is 1. The maximum atomic E-state index is 11.2. The molecule has 23 heavy (non-hydrogen) atoms. The van der Waals surface area contributed by atoms with Crippen molar-refractivity contribution in [2.45, 2.75) is 44.9 Å². The van der Waals surface area contributed by atoms with Gasteiger partial charge in [0, 0.05) is 13.0 Å². The Balaban J connectivity index is 1.79. The molecule has 124 valence electrons. The molecule has 1 N–H and O–H groups in total. The van der Waals surface area contributed by atoms with Gasteiger partial charge >= 0.3 is 0 Å². The molecule has 6 nitrogen and oxygen atoms in total. The van der Waals surface area contributed by atoms with Crippen LogP contribution < -0.4 is 4.74 Å². The number of ether oxygens (including phenoxy) is 1. The average molecular weight is 317 g/mol. The second kappa shape index (κ2) is 6.29. The van der Waals surface area contributed by atoms with E-state index >= 15 is 0 Å². The van der Waals surface area contributed by atoms with Crippen molar-refractivity contribution in [2.75, 3.05) is 13.7 Å². The van der Waals surface area contributed by atoms with Crippen molar-refractivity contribution in [1.82, 2.24) is 15.0 Å². The molecule has 0 amide bonds. The van der Waals surface area contributed by atoms with E-state index in [2.05, 4.69) is 15.0 Å². The molecule has 2 unspecified atom stereocenters. The van der Waals surface area contributed by atoms with Gasteiger partial charge in [0.1, 0.15) is 11.4 Å². The van der Waals surface area contributed by atoms with Gasteiger partial charge in [0.05, 0.1) is 13.7 Å². The van der Waals surface area contributed by atoms with Crippen LogP contribution in [-0.4, -0.2) is 39.8 Å². The number of hydrogen-bond acceptors (Lipinski definition) is 6. The molecule has 1 aliphatic rings. The first-order chi connectivity index (χ1) is 11.0. The molecular weight excluding hydrogens is 294 g/mol. The molecule has 2 aromatic rings. The number of nitrogens with zero attached hydrogens (tertiary/aromatic N) is 3. The van der Waals surface area contributed by atoms with Crippen LogP contribution in [0.2, 0.25) is 0 Å². The van der Waals surface area contributed by atoms with E-state index in [-0.39, 0.29) is 6.04 Å². The SMILES string of the molecule is COc1ccc(C(C)(O)C2CCCN2Cc2noc(C)n2)cc1. The molecule has 6 heteroatoms. The van der Waals surface area contributed by atoms with Gasteiger partial charge in [-0.15, -0.1) is 0 Å². The van der Waals surface area contributed by atoms with Gasteiger partial charge < -0.3 is 14.4 Å². The first-order valence-electron chi connectivity index (χ1n) is 7.91. The van der Waals surface area contributed by atoms with Gasteiger partial charge in [0.25, 0.3) is 0 Å². The fourth-order valence-electron chi connectivity index (χ4n) is 3.36. The minimum Gasteiger partial charge on any atom is -0.497 e. The lowest BCUT2D eigenvalue weighted by Gasteiger charge is -2.36.